The van der Waals surface area contributed by atoms with Crippen molar-refractivity contribution in [3.05, 3.63) is 21.4 Å². The lowest BCUT2D eigenvalue weighted by Gasteiger charge is -2.15. The van der Waals surface area contributed by atoms with Crippen molar-refractivity contribution >= 4 is 11.3 Å². The number of halogens is 2. The first kappa shape index (κ1) is 15.5. The van der Waals surface area contributed by atoms with Gasteiger partial charge in [-0.1, -0.05) is 6.92 Å². The van der Waals surface area contributed by atoms with E-state index < -0.39 is 6.43 Å². The van der Waals surface area contributed by atoms with E-state index in [2.05, 4.69) is 25.2 Å². The summed E-state index contributed by atoms with van der Waals surface area (Å²) < 4.78 is 24.5. The molecule has 0 bridgehead atoms. The fourth-order valence-corrected chi connectivity index (χ4v) is 2.83. The van der Waals surface area contributed by atoms with Crippen molar-refractivity contribution in [1.29, 1.82) is 0 Å². The monoisotopic (exact) mass is 276 g/mol. The van der Waals surface area contributed by atoms with E-state index >= 15 is 0 Å². The highest BCUT2D eigenvalue weighted by atomic mass is 32.1. The second-order valence-electron chi connectivity index (χ2n) is 4.56. The van der Waals surface area contributed by atoms with Gasteiger partial charge in [0.15, 0.2) is 0 Å². The predicted octanol–water partition coefficient (Wildman–Crippen LogP) is 3.25. The van der Waals surface area contributed by atoms with E-state index in [0.717, 1.165) is 25.1 Å². The van der Waals surface area contributed by atoms with Gasteiger partial charge in [0.1, 0.15) is 0 Å². The molecule has 0 aliphatic rings. The molecule has 2 nitrogen and oxygen atoms in total. The van der Waals surface area contributed by atoms with E-state index in [4.69, 9.17) is 0 Å². The molecule has 0 aliphatic heterocycles. The van der Waals surface area contributed by atoms with Gasteiger partial charge in [-0.3, -0.25) is 4.90 Å². The average Bonchev–Trinajstić information content (AvgIpc) is 2.58. The van der Waals surface area contributed by atoms with Crippen LogP contribution in [-0.2, 0) is 13.1 Å². The Morgan fingerprint density at radius 3 is 2.78 bits per heavy atom. The summed E-state index contributed by atoms with van der Waals surface area (Å²) in [6.07, 6.45) is -1.14. The van der Waals surface area contributed by atoms with Crippen LogP contribution in [0.1, 0.15) is 28.7 Å². The zero-order chi connectivity index (χ0) is 13.5. The maximum atomic E-state index is 12.3. The van der Waals surface area contributed by atoms with Crippen LogP contribution in [0.2, 0.25) is 0 Å². The Hall–Kier alpha value is -0.520. The summed E-state index contributed by atoms with van der Waals surface area (Å²) in [5, 5.41) is 3.35. The molecule has 18 heavy (non-hydrogen) atoms. The normalized spacial score (nSPS) is 11.7. The Morgan fingerprint density at radius 1 is 1.44 bits per heavy atom. The summed E-state index contributed by atoms with van der Waals surface area (Å²) in [4.78, 5) is 4.17. The van der Waals surface area contributed by atoms with Crippen LogP contribution in [-0.4, -0.2) is 31.5 Å². The summed E-state index contributed by atoms with van der Waals surface area (Å²) in [5.41, 5.74) is 1.16. The van der Waals surface area contributed by atoms with Crippen LogP contribution in [0.3, 0.4) is 0 Å². The van der Waals surface area contributed by atoms with Gasteiger partial charge in [0, 0.05) is 22.8 Å². The minimum atomic E-state index is -2.26. The number of nitrogens with zero attached hydrogens (tertiary/aromatic N) is 1. The molecule has 0 radical (unpaired) electrons. The van der Waals surface area contributed by atoms with Gasteiger partial charge in [0.25, 0.3) is 6.43 Å². The first-order valence-corrected chi connectivity index (χ1v) is 7.10. The molecule has 0 saturated carbocycles. The van der Waals surface area contributed by atoms with Crippen LogP contribution in [0.25, 0.3) is 0 Å². The molecule has 0 aromatic carbocycles. The molecule has 104 valence electrons. The molecule has 1 aromatic heterocycles. The summed E-state index contributed by atoms with van der Waals surface area (Å²) >= 11 is 1.75. The summed E-state index contributed by atoms with van der Waals surface area (Å²) in [6.45, 7) is 6.51. The fourth-order valence-electron chi connectivity index (χ4n) is 1.81. The molecular formula is C13H22F2N2S. The third kappa shape index (κ3) is 5.42. The van der Waals surface area contributed by atoms with Crippen LogP contribution in [0.5, 0.6) is 0 Å². The molecule has 1 N–H and O–H groups in total. The minimum absolute atomic E-state index is 0.168. The number of hydrogen-bond donors (Lipinski definition) is 1. The van der Waals surface area contributed by atoms with Crippen LogP contribution < -0.4 is 5.32 Å². The second kappa shape index (κ2) is 7.81. The van der Waals surface area contributed by atoms with Crippen LogP contribution in [0.4, 0.5) is 8.78 Å². The van der Waals surface area contributed by atoms with Gasteiger partial charge in [0.05, 0.1) is 6.54 Å². The highest BCUT2D eigenvalue weighted by molar-refractivity contribution is 7.12. The van der Waals surface area contributed by atoms with Crippen LogP contribution in [0, 0.1) is 6.92 Å². The molecule has 0 fully saturated rings. The molecule has 1 heterocycles. The lowest BCUT2D eigenvalue weighted by molar-refractivity contribution is 0.0975. The van der Waals surface area contributed by atoms with E-state index in [1.54, 1.807) is 23.3 Å². The molecule has 0 saturated heterocycles. The Labute approximate surface area is 112 Å². The largest absolute Gasteiger partial charge is 0.312 e. The van der Waals surface area contributed by atoms with Crippen molar-refractivity contribution in [3.63, 3.8) is 0 Å². The third-order valence-electron chi connectivity index (χ3n) is 2.69. The number of rotatable bonds is 8. The van der Waals surface area contributed by atoms with E-state index in [1.165, 1.54) is 9.75 Å². The van der Waals surface area contributed by atoms with Gasteiger partial charge in [-0.05, 0) is 38.6 Å². The SMILES string of the molecule is CCCNCc1cc(CN(C)CC(F)F)c(C)s1. The topological polar surface area (TPSA) is 15.3 Å². The van der Waals surface area contributed by atoms with Gasteiger partial charge in [-0.2, -0.15) is 0 Å². The molecule has 1 aromatic rings. The third-order valence-corrected chi connectivity index (χ3v) is 3.78. The number of alkyl halides is 2. The van der Waals surface area contributed by atoms with Gasteiger partial charge in [-0.15, -0.1) is 11.3 Å². The zero-order valence-electron chi connectivity index (χ0n) is 11.3. The highest BCUT2D eigenvalue weighted by Gasteiger charge is 2.11. The zero-order valence-corrected chi connectivity index (χ0v) is 12.1. The quantitative estimate of drug-likeness (QED) is 0.733. The van der Waals surface area contributed by atoms with Crippen LogP contribution >= 0.6 is 11.3 Å². The molecule has 0 spiro atoms. The van der Waals surface area contributed by atoms with Crippen molar-refractivity contribution in [2.75, 3.05) is 20.1 Å². The Morgan fingerprint density at radius 2 is 2.17 bits per heavy atom. The Bertz CT molecular complexity index is 353. The Balaban J connectivity index is 2.50. The standard InChI is InChI=1S/C13H22F2N2S/c1-4-5-16-7-12-6-11(10(2)18-12)8-17(3)9-13(14)15/h6,13,16H,4-5,7-9H2,1-3H3. The van der Waals surface area contributed by atoms with Crippen molar-refractivity contribution in [2.45, 2.75) is 39.8 Å². The minimum Gasteiger partial charge on any atom is -0.312 e. The average molecular weight is 276 g/mol. The molecule has 0 aliphatic carbocycles. The molecule has 5 heteroatoms. The van der Waals surface area contributed by atoms with E-state index in [-0.39, 0.29) is 6.54 Å². The first-order valence-electron chi connectivity index (χ1n) is 6.28. The molecule has 0 unspecified atom stereocenters. The fraction of sp³-hybridized carbons (Fsp3) is 0.692. The number of hydrogen-bond acceptors (Lipinski definition) is 3. The second-order valence-corrected chi connectivity index (χ2v) is 5.90. The van der Waals surface area contributed by atoms with Gasteiger partial charge in [-0.25, -0.2) is 8.78 Å². The lowest BCUT2D eigenvalue weighted by atomic mass is 10.2. The van der Waals surface area contributed by atoms with E-state index in [1.807, 2.05) is 0 Å². The van der Waals surface area contributed by atoms with Crippen molar-refractivity contribution in [2.24, 2.45) is 0 Å². The van der Waals surface area contributed by atoms with Crippen molar-refractivity contribution in [1.82, 2.24) is 10.2 Å². The van der Waals surface area contributed by atoms with E-state index in [9.17, 15) is 8.78 Å². The summed E-state index contributed by atoms with van der Waals surface area (Å²) in [5.74, 6) is 0. The number of aryl methyl sites for hydroxylation is 1. The molecule has 0 amide bonds. The van der Waals surface area contributed by atoms with Crippen LogP contribution in [0.15, 0.2) is 6.07 Å². The van der Waals surface area contributed by atoms with Gasteiger partial charge >= 0.3 is 0 Å². The summed E-state index contributed by atoms with van der Waals surface area (Å²) in [6, 6.07) is 2.13. The maximum absolute atomic E-state index is 12.3. The van der Waals surface area contributed by atoms with Crippen molar-refractivity contribution < 1.29 is 8.78 Å². The molecular weight excluding hydrogens is 254 g/mol. The van der Waals surface area contributed by atoms with Crippen molar-refractivity contribution in [3.8, 4) is 0 Å². The highest BCUT2D eigenvalue weighted by Crippen LogP contribution is 2.22. The Kier molecular flexibility index (Phi) is 6.75. The maximum Gasteiger partial charge on any atom is 0.251 e. The first-order chi connectivity index (χ1) is 8.52. The van der Waals surface area contributed by atoms with Gasteiger partial charge < -0.3 is 5.32 Å². The molecule has 0 atom stereocenters. The lowest BCUT2D eigenvalue weighted by Crippen LogP contribution is -2.24. The predicted molar refractivity (Wildman–Crippen MR) is 73.4 cm³/mol. The summed E-state index contributed by atoms with van der Waals surface area (Å²) in [7, 11) is 1.73. The molecule has 1 rings (SSSR count). The smallest absolute Gasteiger partial charge is 0.251 e. The van der Waals surface area contributed by atoms with Gasteiger partial charge in [0.2, 0.25) is 0 Å². The van der Waals surface area contributed by atoms with E-state index in [0.29, 0.717) is 6.54 Å². The number of thiophene rings is 1. The number of nitrogens with one attached hydrogen (secondary N) is 1.